The van der Waals surface area contributed by atoms with Crippen LogP contribution in [0.5, 0.6) is 5.75 Å². The molecule has 2 aromatic heterocycles. The van der Waals surface area contributed by atoms with E-state index in [1.807, 2.05) is 11.0 Å². The van der Waals surface area contributed by atoms with Crippen molar-refractivity contribution in [3.8, 4) is 17.0 Å². The Labute approximate surface area is 266 Å². The largest absolute Gasteiger partial charge is 0.493 e. The number of carbonyl (C=O) groups is 2. The van der Waals surface area contributed by atoms with Gasteiger partial charge < -0.3 is 19.5 Å². The fraction of sp³-hybridized carbons (Fsp3) is 0.531. The van der Waals surface area contributed by atoms with E-state index < -0.39 is 18.6 Å². The Morgan fingerprint density at radius 1 is 1.11 bits per heavy atom. The predicted octanol–water partition coefficient (Wildman–Crippen LogP) is 5.41. The van der Waals surface area contributed by atoms with Gasteiger partial charge in [-0.25, -0.2) is 19.3 Å². The average molecular weight is 641 g/mol. The van der Waals surface area contributed by atoms with Crippen molar-refractivity contribution in [1.29, 1.82) is 0 Å². The zero-order valence-electron chi connectivity index (χ0n) is 25.8. The maximum atomic E-state index is 14.1. The topological polar surface area (TPSA) is 130 Å². The molecule has 2 N–H and O–H groups in total. The van der Waals surface area contributed by atoms with Gasteiger partial charge in [0, 0.05) is 61.8 Å². The van der Waals surface area contributed by atoms with Crippen LogP contribution in [0.15, 0.2) is 30.6 Å². The molecule has 0 bridgehead atoms. The summed E-state index contributed by atoms with van der Waals surface area (Å²) in [6.45, 7) is 5.36. The van der Waals surface area contributed by atoms with Crippen LogP contribution in [0.3, 0.4) is 0 Å². The smallest absolute Gasteiger partial charge is 0.306 e. The number of aromatic nitrogens is 3. The molecule has 3 aromatic rings. The minimum atomic E-state index is -0.769. The van der Waals surface area contributed by atoms with E-state index in [4.69, 9.17) is 14.5 Å². The molecule has 0 spiro atoms. The third-order valence-electron chi connectivity index (χ3n) is 8.47. The highest BCUT2D eigenvalue weighted by Crippen LogP contribution is 2.36. The number of halogens is 1. The second-order valence-corrected chi connectivity index (χ2v) is 12.7. The van der Waals surface area contributed by atoms with Gasteiger partial charge in [-0.2, -0.15) is 0 Å². The van der Waals surface area contributed by atoms with Crippen molar-refractivity contribution < 1.29 is 28.6 Å². The van der Waals surface area contributed by atoms with E-state index in [1.54, 1.807) is 25.4 Å². The molecule has 4 heterocycles. The van der Waals surface area contributed by atoms with Crippen LogP contribution in [0, 0.1) is 5.92 Å². The molecule has 11 nitrogen and oxygen atoms in total. The lowest BCUT2D eigenvalue weighted by molar-refractivity contribution is -0.142. The van der Waals surface area contributed by atoms with Gasteiger partial charge in [-0.05, 0) is 57.4 Å². The van der Waals surface area contributed by atoms with Gasteiger partial charge in [0.05, 0.1) is 30.6 Å². The van der Waals surface area contributed by atoms with Gasteiger partial charge in [-0.1, -0.05) is 17.8 Å². The first-order chi connectivity index (χ1) is 21.9. The molecule has 2 fully saturated rings. The monoisotopic (exact) mass is 640 g/mol. The summed E-state index contributed by atoms with van der Waals surface area (Å²) in [5.74, 6) is -0.429. The number of carboxylic acids is 1. The summed E-state index contributed by atoms with van der Waals surface area (Å²) in [7, 11) is 1.63. The number of aliphatic carboxylic acids is 1. The van der Waals surface area contributed by atoms with Crippen molar-refractivity contribution in [3.05, 3.63) is 46.7 Å². The molecule has 13 heteroatoms. The van der Waals surface area contributed by atoms with E-state index in [9.17, 15) is 19.1 Å². The van der Waals surface area contributed by atoms with Crippen LogP contribution in [0.2, 0.25) is 0 Å². The molecule has 45 heavy (non-hydrogen) atoms. The quantitative estimate of drug-likeness (QED) is 0.234. The van der Waals surface area contributed by atoms with Gasteiger partial charge in [-0.3, -0.25) is 19.8 Å². The van der Waals surface area contributed by atoms with Crippen LogP contribution in [0.1, 0.15) is 66.4 Å². The Balaban J connectivity index is 1.33. The van der Waals surface area contributed by atoms with E-state index in [-0.39, 0.29) is 11.6 Å². The number of likely N-dealkylation sites (tertiary alicyclic amines) is 1. The molecule has 0 radical (unpaired) electrons. The van der Waals surface area contributed by atoms with Crippen molar-refractivity contribution in [2.24, 2.45) is 5.92 Å². The summed E-state index contributed by atoms with van der Waals surface area (Å²) in [5.41, 5.74) is 2.07. The summed E-state index contributed by atoms with van der Waals surface area (Å²) in [6.07, 6.45) is 8.24. The van der Waals surface area contributed by atoms with Crippen molar-refractivity contribution in [1.82, 2.24) is 19.9 Å². The van der Waals surface area contributed by atoms with Crippen molar-refractivity contribution in [3.63, 3.8) is 0 Å². The number of methoxy groups -OCH3 is 1. The SMILES string of the molecule is COCCCOc1ccc(-c2nc(NC(=O)c3cnc(N4CCC(C(=O)O)CC4)cn3)sc2CN2CCCC[C@H]2C)cc1CF. The zero-order chi connectivity index (χ0) is 31.8. The molecule has 1 amide bonds. The summed E-state index contributed by atoms with van der Waals surface area (Å²) in [6, 6.07) is 5.87. The molecule has 0 aliphatic carbocycles. The molecule has 0 unspecified atom stereocenters. The van der Waals surface area contributed by atoms with Crippen LogP contribution >= 0.6 is 11.3 Å². The van der Waals surface area contributed by atoms with E-state index >= 15 is 0 Å². The van der Waals surface area contributed by atoms with Gasteiger partial charge >= 0.3 is 5.97 Å². The summed E-state index contributed by atoms with van der Waals surface area (Å²) < 4.78 is 25.0. The van der Waals surface area contributed by atoms with Gasteiger partial charge in [0.1, 0.15) is 23.9 Å². The highest BCUT2D eigenvalue weighted by molar-refractivity contribution is 7.16. The highest BCUT2D eigenvalue weighted by Gasteiger charge is 2.26. The first-order valence-corrected chi connectivity index (χ1v) is 16.3. The van der Waals surface area contributed by atoms with Gasteiger partial charge in [-0.15, -0.1) is 0 Å². The Hall–Kier alpha value is -3.68. The number of ether oxygens (including phenoxy) is 2. The maximum absolute atomic E-state index is 14.1. The Morgan fingerprint density at radius 3 is 2.62 bits per heavy atom. The summed E-state index contributed by atoms with van der Waals surface area (Å²) >= 11 is 1.41. The van der Waals surface area contributed by atoms with Gasteiger partial charge in [0.25, 0.3) is 5.91 Å². The Bertz CT molecular complexity index is 1450. The molecule has 2 aliphatic rings. The molecular weight excluding hydrogens is 599 g/mol. The molecule has 0 saturated carbocycles. The number of amides is 1. The first kappa shape index (κ1) is 32.7. The lowest BCUT2D eigenvalue weighted by Crippen LogP contribution is -2.36. The van der Waals surface area contributed by atoms with E-state index in [2.05, 4.69) is 27.1 Å². The van der Waals surface area contributed by atoms with E-state index in [0.717, 1.165) is 29.8 Å². The van der Waals surface area contributed by atoms with Crippen LogP contribution in [-0.2, 0) is 22.8 Å². The number of nitrogens with one attached hydrogen (secondary N) is 1. The molecule has 242 valence electrons. The van der Waals surface area contributed by atoms with Gasteiger partial charge in [0.2, 0.25) is 0 Å². The number of carbonyl (C=O) groups excluding carboxylic acids is 1. The second kappa shape index (κ2) is 15.5. The number of thiazole rings is 1. The molecule has 1 atom stereocenters. The number of hydrogen-bond acceptors (Lipinski definition) is 10. The summed E-state index contributed by atoms with van der Waals surface area (Å²) in [4.78, 5) is 43.4. The number of carboxylic acid groups (broad SMARTS) is 1. The van der Waals surface area contributed by atoms with Crippen molar-refractivity contribution in [2.45, 2.75) is 64.7 Å². The Kier molecular flexibility index (Phi) is 11.3. The second-order valence-electron chi connectivity index (χ2n) is 11.6. The predicted molar refractivity (Wildman–Crippen MR) is 171 cm³/mol. The fourth-order valence-corrected chi connectivity index (χ4v) is 6.80. The molecule has 2 aliphatic heterocycles. The van der Waals surface area contributed by atoms with Crippen LogP contribution in [-0.4, -0.2) is 82.8 Å². The number of rotatable bonds is 13. The number of alkyl halides is 1. The van der Waals surface area contributed by atoms with Crippen molar-refractivity contribution in [2.75, 3.05) is 50.2 Å². The number of anilines is 2. The van der Waals surface area contributed by atoms with E-state index in [0.29, 0.717) is 86.1 Å². The standard InChI is InChI=1S/C32H41FN6O5S/c1-21-6-3-4-11-39(21)20-27-29(23-7-8-26(24(16-23)17-33)44-15-5-14-43-2)36-32(45-27)37-30(40)25-18-35-28(19-34-25)38-12-9-22(10-13-38)31(41)42/h7-8,16,18-19,21-22H,3-6,9-15,17,20H2,1-2H3,(H,41,42)(H,36,37,40)/t21-/m1/s1. The zero-order valence-corrected chi connectivity index (χ0v) is 26.7. The lowest BCUT2D eigenvalue weighted by atomic mass is 9.97. The minimum Gasteiger partial charge on any atom is -0.493 e. The fourth-order valence-electron chi connectivity index (χ4n) is 5.79. The Morgan fingerprint density at radius 2 is 1.93 bits per heavy atom. The number of hydrogen-bond donors (Lipinski definition) is 2. The van der Waals surface area contributed by atoms with E-state index in [1.165, 1.54) is 24.0 Å². The van der Waals surface area contributed by atoms with Crippen LogP contribution in [0.25, 0.3) is 11.3 Å². The molecule has 1 aromatic carbocycles. The molecule has 5 rings (SSSR count). The van der Waals surface area contributed by atoms with Crippen LogP contribution in [0.4, 0.5) is 15.3 Å². The highest BCUT2D eigenvalue weighted by atomic mass is 32.1. The third kappa shape index (κ3) is 8.33. The normalized spacial score (nSPS) is 17.8. The number of piperidine rings is 2. The van der Waals surface area contributed by atoms with Crippen LogP contribution < -0.4 is 15.0 Å². The minimum absolute atomic E-state index is 0.150. The molecular formula is C32H41FN6O5S. The maximum Gasteiger partial charge on any atom is 0.306 e. The summed E-state index contributed by atoms with van der Waals surface area (Å²) in [5, 5.41) is 12.6. The molecule has 2 saturated heterocycles. The third-order valence-corrected chi connectivity index (χ3v) is 9.43. The van der Waals surface area contributed by atoms with Gasteiger partial charge in [0.15, 0.2) is 5.13 Å². The lowest BCUT2D eigenvalue weighted by Gasteiger charge is -2.33. The number of nitrogens with zero attached hydrogens (tertiary/aromatic N) is 5. The average Bonchev–Trinajstić information content (AvgIpc) is 3.46. The van der Waals surface area contributed by atoms with Crippen molar-refractivity contribution >= 4 is 34.2 Å². The number of benzene rings is 1. The first-order valence-electron chi connectivity index (χ1n) is 15.5.